The summed E-state index contributed by atoms with van der Waals surface area (Å²) in [7, 11) is 0.755. The monoisotopic (exact) mass is 862 g/mol. The molecule has 1 spiro atoms. The molecule has 1 aliphatic carbocycles. The van der Waals surface area contributed by atoms with Crippen LogP contribution >= 0.6 is 11.3 Å². The van der Waals surface area contributed by atoms with Crippen molar-refractivity contribution in [1.29, 1.82) is 0 Å². The second kappa shape index (κ2) is 13.7. The van der Waals surface area contributed by atoms with Gasteiger partial charge in [0.2, 0.25) is 7.28 Å². The molecule has 0 bridgehead atoms. The second-order valence-corrected chi connectivity index (χ2v) is 20.2. The van der Waals surface area contributed by atoms with Gasteiger partial charge in [-0.1, -0.05) is 178 Å². The van der Waals surface area contributed by atoms with Crippen LogP contribution in [0.15, 0.2) is 199 Å². The Bertz CT molecular complexity index is 3790. The van der Waals surface area contributed by atoms with E-state index in [4.69, 9.17) is 4.42 Å². The lowest BCUT2D eigenvalue weighted by Crippen LogP contribution is -2.40. The number of hydrogen-bond donors (Lipinski definition) is 1. The number of anilines is 5. The highest BCUT2D eigenvalue weighted by molar-refractivity contribution is 7.25. The smallest absolute Gasteiger partial charge is 0.200 e. The average molecular weight is 863 g/mol. The normalized spacial score (nSPS) is 14.0. The van der Waals surface area contributed by atoms with Crippen molar-refractivity contribution in [2.24, 2.45) is 0 Å². The minimum atomic E-state index is -0.537. The summed E-state index contributed by atoms with van der Waals surface area (Å²) >= 11 is 1.90. The molecule has 5 heteroatoms. The molecule has 4 heterocycles. The van der Waals surface area contributed by atoms with Gasteiger partial charge in [0.15, 0.2) is 0 Å². The highest BCUT2D eigenvalue weighted by Crippen LogP contribution is 2.62. The van der Waals surface area contributed by atoms with Crippen LogP contribution in [0.2, 0.25) is 0 Å². The first-order valence-electron chi connectivity index (χ1n) is 23.1. The maximum Gasteiger partial charge on any atom is 0.200 e. The molecule has 0 fully saturated rings. The first kappa shape index (κ1) is 37.7. The second-order valence-electron chi connectivity index (χ2n) is 19.2. The fourth-order valence-electron chi connectivity index (χ4n) is 11.8. The Morgan fingerprint density at radius 2 is 1.18 bits per heavy atom. The molecule has 0 amide bonds. The molecule has 0 saturated carbocycles. The number of nitrogens with zero attached hydrogens (tertiary/aromatic N) is 1. The molecule has 0 atom stereocenters. The lowest BCUT2D eigenvalue weighted by molar-refractivity contribution is 0.590. The van der Waals surface area contributed by atoms with Gasteiger partial charge in [-0.2, -0.15) is 0 Å². The van der Waals surface area contributed by atoms with Crippen molar-refractivity contribution in [3.8, 4) is 33.4 Å². The van der Waals surface area contributed by atoms with Crippen molar-refractivity contribution in [1.82, 2.24) is 0 Å². The SMILES string of the molecule is CC(C)(C)c1ccc(N2c3cc4c(oc5ccccc54)c(-c4cccc5c4Nc4ccccc4C54c5ccccc5-c5ccccc54)c3Bc3c2sc2ccccc32)c(-c2ccccc2)c1. The number of nitrogens with one attached hydrogen (secondary N) is 1. The zero-order valence-corrected chi connectivity index (χ0v) is 37.8. The topological polar surface area (TPSA) is 28.4 Å². The van der Waals surface area contributed by atoms with Crippen LogP contribution in [0.5, 0.6) is 0 Å². The maximum atomic E-state index is 7.19. The maximum absolute atomic E-state index is 7.19. The Morgan fingerprint density at radius 3 is 1.97 bits per heavy atom. The number of para-hydroxylation sites is 3. The van der Waals surface area contributed by atoms with E-state index < -0.39 is 5.41 Å². The van der Waals surface area contributed by atoms with Crippen molar-refractivity contribution >= 4 is 89.3 Å². The first-order valence-corrected chi connectivity index (χ1v) is 23.9. The van der Waals surface area contributed by atoms with Crippen LogP contribution in [-0.4, -0.2) is 7.28 Å². The Morgan fingerprint density at radius 1 is 0.530 bits per heavy atom. The molecule has 2 aromatic heterocycles. The van der Waals surface area contributed by atoms with Gasteiger partial charge in [0, 0.05) is 43.5 Å². The Kier molecular flexibility index (Phi) is 7.84. The zero-order chi connectivity index (χ0) is 43.9. The third-order valence-corrected chi connectivity index (χ3v) is 15.9. The minimum absolute atomic E-state index is 0.0323. The van der Waals surface area contributed by atoms with Crippen LogP contribution in [0, 0.1) is 0 Å². The number of furan rings is 1. The molecule has 3 aliphatic rings. The molecule has 11 aromatic rings. The highest BCUT2D eigenvalue weighted by Gasteiger charge is 2.50. The van der Waals surface area contributed by atoms with Gasteiger partial charge >= 0.3 is 0 Å². The summed E-state index contributed by atoms with van der Waals surface area (Å²) in [5.41, 5.74) is 22.1. The van der Waals surface area contributed by atoms with Crippen molar-refractivity contribution in [3.05, 3.63) is 222 Å². The van der Waals surface area contributed by atoms with Gasteiger partial charge in [0.25, 0.3) is 0 Å². The number of rotatable bonds is 3. The average Bonchev–Trinajstić information content (AvgIpc) is 4.01. The fourth-order valence-corrected chi connectivity index (χ4v) is 13.0. The first-order chi connectivity index (χ1) is 32.4. The molecular formula is C61H43BN2OS. The Hall–Kier alpha value is -7.60. The van der Waals surface area contributed by atoms with E-state index in [0.717, 1.165) is 51.7 Å². The summed E-state index contributed by atoms with van der Waals surface area (Å²) in [4.78, 5) is 2.60. The number of thiophene rings is 1. The van der Waals surface area contributed by atoms with E-state index in [1.54, 1.807) is 0 Å². The number of hydrogen-bond acceptors (Lipinski definition) is 4. The summed E-state index contributed by atoms with van der Waals surface area (Å²) in [6, 6.07) is 72.1. The van der Waals surface area contributed by atoms with E-state index >= 15 is 0 Å². The van der Waals surface area contributed by atoms with Gasteiger partial charge in [-0.25, -0.2) is 0 Å². The zero-order valence-electron chi connectivity index (χ0n) is 36.9. The highest BCUT2D eigenvalue weighted by atomic mass is 32.1. The summed E-state index contributed by atoms with van der Waals surface area (Å²) in [6.07, 6.45) is 0. The van der Waals surface area contributed by atoms with Gasteiger partial charge in [-0.3, -0.25) is 0 Å². The summed E-state index contributed by atoms with van der Waals surface area (Å²) in [5, 5.41) is 8.91. The van der Waals surface area contributed by atoms with Crippen LogP contribution in [0.4, 0.5) is 27.8 Å². The minimum Gasteiger partial charge on any atom is -0.455 e. The third kappa shape index (κ3) is 5.09. The molecule has 66 heavy (non-hydrogen) atoms. The van der Waals surface area contributed by atoms with Gasteiger partial charge in [-0.05, 0) is 103 Å². The van der Waals surface area contributed by atoms with Gasteiger partial charge in [0.05, 0.1) is 21.8 Å². The van der Waals surface area contributed by atoms with Gasteiger partial charge < -0.3 is 14.6 Å². The van der Waals surface area contributed by atoms with Crippen molar-refractivity contribution < 1.29 is 4.42 Å². The lowest BCUT2D eigenvalue weighted by atomic mass is 9.58. The van der Waals surface area contributed by atoms with Crippen LogP contribution in [-0.2, 0) is 10.8 Å². The van der Waals surface area contributed by atoms with Crippen molar-refractivity contribution in [2.75, 3.05) is 10.2 Å². The van der Waals surface area contributed by atoms with Crippen LogP contribution in [0.3, 0.4) is 0 Å². The quantitative estimate of drug-likeness (QED) is 0.179. The molecule has 0 radical (unpaired) electrons. The van der Waals surface area contributed by atoms with E-state index in [1.165, 1.54) is 87.5 Å². The molecule has 3 nitrogen and oxygen atoms in total. The van der Waals surface area contributed by atoms with E-state index in [-0.39, 0.29) is 5.41 Å². The molecular weight excluding hydrogens is 820 g/mol. The molecule has 0 saturated heterocycles. The molecule has 1 N–H and O–H groups in total. The standard InChI is InChI=1S/C61H43BN2OS/c1-60(2,3)37-32-33-50(43(34-37)36-18-5-4-6-19-36)64-51-35-44-40-22-9-15-30-52(40)65-58(44)54(56(51)62-55-41-23-10-16-31-53(41)66-59(55)64)42-24-17-28-48-57(42)63-49-29-14-13-27-47(49)61(48)45-25-11-7-20-38(45)39-21-8-12-26-46(39)61/h4-35,62-63H,1-3H3. The van der Waals surface area contributed by atoms with Crippen molar-refractivity contribution in [2.45, 2.75) is 31.6 Å². The third-order valence-electron chi connectivity index (χ3n) is 14.7. The van der Waals surface area contributed by atoms with Gasteiger partial charge in [0.1, 0.15) is 11.2 Å². The molecule has 14 rings (SSSR count). The molecule has 2 aliphatic heterocycles. The van der Waals surface area contributed by atoms with Crippen LogP contribution in [0.1, 0.15) is 48.6 Å². The number of benzene rings is 9. The van der Waals surface area contributed by atoms with Crippen molar-refractivity contribution in [3.63, 3.8) is 0 Å². The number of fused-ring (bicyclic) bond motifs is 16. The fraction of sp³-hybridized carbons (Fsp3) is 0.0820. The van der Waals surface area contributed by atoms with Crippen LogP contribution < -0.4 is 21.1 Å². The van der Waals surface area contributed by atoms with E-state index in [2.05, 4.69) is 225 Å². The Balaban J connectivity index is 1.12. The van der Waals surface area contributed by atoms with E-state index in [0.29, 0.717) is 0 Å². The predicted molar refractivity (Wildman–Crippen MR) is 280 cm³/mol. The lowest BCUT2D eigenvalue weighted by Gasteiger charge is -2.41. The van der Waals surface area contributed by atoms with Gasteiger partial charge in [-0.15, -0.1) is 11.3 Å². The molecule has 312 valence electrons. The predicted octanol–water partition coefficient (Wildman–Crippen LogP) is 15.0. The molecule has 0 unspecified atom stereocenters. The summed E-state index contributed by atoms with van der Waals surface area (Å²) < 4.78 is 8.49. The summed E-state index contributed by atoms with van der Waals surface area (Å²) in [5.74, 6) is 0. The van der Waals surface area contributed by atoms with E-state index in [9.17, 15) is 0 Å². The Labute approximate surface area is 388 Å². The largest absolute Gasteiger partial charge is 0.455 e. The van der Waals surface area contributed by atoms with E-state index in [1.807, 2.05) is 11.3 Å². The van der Waals surface area contributed by atoms with Crippen LogP contribution in [0.25, 0.3) is 65.4 Å². The molecule has 9 aromatic carbocycles. The summed E-state index contributed by atoms with van der Waals surface area (Å²) in [6.45, 7) is 6.93.